The Morgan fingerprint density at radius 2 is 1.73 bits per heavy atom. The third-order valence-corrected chi connectivity index (χ3v) is 3.42. The molecule has 1 aliphatic rings. The Balaban J connectivity index is 2.07. The minimum Gasteiger partial charge on any atom is -0.215 e. The zero-order chi connectivity index (χ0) is 11.5. The van der Waals surface area contributed by atoms with Gasteiger partial charge in [0.05, 0.1) is 0 Å². The lowest BCUT2D eigenvalue weighted by atomic mass is 9.97. The first-order chi connectivity index (χ1) is 6.89. The van der Waals surface area contributed by atoms with Gasteiger partial charge < -0.3 is 0 Å². The summed E-state index contributed by atoms with van der Waals surface area (Å²) in [7, 11) is -3.61. The van der Waals surface area contributed by atoms with Crippen molar-refractivity contribution in [2.24, 2.45) is 11.8 Å². The van der Waals surface area contributed by atoms with Crippen LogP contribution in [0.2, 0.25) is 0 Å². The van der Waals surface area contributed by atoms with Crippen LogP contribution in [0, 0.1) is 11.8 Å². The first kappa shape index (κ1) is 12.9. The molecule has 1 rings (SSSR count). The van der Waals surface area contributed by atoms with Crippen molar-refractivity contribution in [2.45, 2.75) is 52.7 Å². The number of hydrogen-bond acceptors (Lipinski definition) is 4. The van der Waals surface area contributed by atoms with E-state index < -0.39 is 16.7 Å². The first-order valence-electron chi connectivity index (χ1n) is 5.50. The fraction of sp³-hybridized carbons (Fsp3) is 1.00. The van der Waals surface area contributed by atoms with Gasteiger partial charge in [-0.2, -0.15) is 8.42 Å². The van der Waals surface area contributed by atoms with Crippen molar-refractivity contribution in [1.29, 1.82) is 0 Å². The van der Waals surface area contributed by atoms with Crippen LogP contribution in [0.25, 0.3) is 0 Å². The molecule has 1 atom stereocenters. The van der Waals surface area contributed by atoms with Crippen LogP contribution in [0.1, 0.15) is 46.5 Å². The third kappa shape index (κ3) is 4.95. The van der Waals surface area contributed by atoms with Crippen LogP contribution in [-0.2, 0) is 18.8 Å². The van der Waals surface area contributed by atoms with Crippen LogP contribution < -0.4 is 0 Å². The first-order valence-corrected chi connectivity index (χ1v) is 6.84. The second-order valence-electron chi connectivity index (χ2n) is 4.70. The van der Waals surface area contributed by atoms with Crippen LogP contribution in [0.4, 0.5) is 0 Å². The molecule has 90 valence electrons. The summed E-state index contributed by atoms with van der Waals surface area (Å²) >= 11 is 0. The third-order valence-electron chi connectivity index (χ3n) is 2.52. The van der Waals surface area contributed by atoms with Crippen molar-refractivity contribution in [3.63, 3.8) is 0 Å². The van der Waals surface area contributed by atoms with Gasteiger partial charge in [0.2, 0.25) is 0 Å². The van der Waals surface area contributed by atoms with E-state index in [0.717, 1.165) is 12.3 Å². The fourth-order valence-corrected chi connectivity index (χ4v) is 2.37. The molecule has 4 nitrogen and oxygen atoms in total. The lowest BCUT2D eigenvalue weighted by molar-refractivity contribution is -0.0912. The molecule has 0 radical (unpaired) electrons. The zero-order valence-electron chi connectivity index (χ0n) is 9.60. The predicted octanol–water partition coefficient (Wildman–Crippen LogP) is 2.46. The van der Waals surface area contributed by atoms with Gasteiger partial charge in [-0.25, -0.2) is 8.37 Å². The van der Waals surface area contributed by atoms with Gasteiger partial charge in [-0.15, -0.1) is 0 Å². The molecule has 0 aromatic carbocycles. The molecule has 0 aliphatic carbocycles. The molecule has 1 aliphatic heterocycles. The van der Waals surface area contributed by atoms with Gasteiger partial charge in [-0.05, 0) is 11.8 Å². The van der Waals surface area contributed by atoms with Crippen LogP contribution in [0.5, 0.6) is 0 Å². The molecule has 0 saturated carbocycles. The fourth-order valence-electron chi connectivity index (χ4n) is 1.67. The van der Waals surface area contributed by atoms with Crippen LogP contribution >= 0.6 is 0 Å². The van der Waals surface area contributed by atoms with Crippen molar-refractivity contribution < 1.29 is 16.8 Å². The van der Waals surface area contributed by atoms with E-state index in [2.05, 4.69) is 29.1 Å². The second kappa shape index (κ2) is 5.27. The molecule has 0 N–H and O–H groups in total. The topological polar surface area (TPSA) is 52.6 Å². The minimum atomic E-state index is -3.61. The summed E-state index contributed by atoms with van der Waals surface area (Å²) in [6.07, 6.45) is 3.62. The molecule has 1 unspecified atom stereocenters. The molecule has 0 bridgehead atoms. The Kier molecular flexibility index (Phi) is 4.55. The van der Waals surface area contributed by atoms with E-state index in [1.165, 1.54) is 12.8 Å². The molecule has 1 fully saturated rings. The maximum Gasteiger partial charge on any atom is 0.404 e. The Hall–Kier alpha value is -0.130. The lowest BCUT2D eigenvalue weighted by Crippen LogP contribution is -2.37. The van der Waals surface area contributed by atoms with Crippen LogP contribution in [0.15, 0.2) is 0 Å². The van der Waals surface area contributed by atoms with Crippen LogP contribution in [-0.4, -0.2) is 14.7 Å². The van der Waals surface area contributed by atoms with Crippen molar-refractivity contribution in [3.8, 4) is 0 Å². The van der Waals surface area contributed by atoms with Gasteiger partial charge in [0.1, 0.15) is 0 Å². The Labute approximate surface area is 92.3 Å². The predicted molar refractivity (Wildman–Crippen MR) is 57.3 cm³/mol. The molecular weight excluding hydrogens is 216 g/mol. The van der Waals surface area contributed by atoms with Gasteiger partial charge in [0.15, 0.2) is 6.29 Å². The van der Waals surface area contributed by atoms with E-state index in [9.17, 15) is 8.42 Å². The number of hydrogen-bond donors (Lipinski definition) is 0. The highest BCUT2D eigenvalue weighted by molar-refractivity contribution is 7.82. The van der Waals surface area contributed by atoms with E-state index in [1.807, 2.05) is 0 Å². The Morgan fingerprint density at radius 1 is 1.13 bits per heavy atom. The second-order valence-corrected chi connectivity index (χ2v) is 5.90. The summed E-state index contributed by atoms with van der Waals surface area (Å²) in [4.78, 5) is 0. The largest absolute Gasteiger partial charge is 0.404 e. The monoisotopic (exact) mass is 236 g/mol. The highest BCUT2D eigenvalue weighted by Crippen LogP contribution is 2.26. The summed E-state index contributed by atoms with van der Waals surface area (Å²) in [5, 5.41) is 0. The van der Waals surface area contributed by atoms with E-state index in [0.29, 0.717) is 12.3 Å². The minimum absolute atomic E-state index is 0.448. The summed E-state index contributed by atoms with van der Waals surface area (Å²) in [6, 6.07) is 0. The summed E-state index contributed by atoms with van der Waals surface area (Å²) in [5.74, 6) is 1.18. The average Bonchev–Trinajstić information content (AvgIpc) is 1.99. The lowest BCUT2D eigenvalue weighted by Gasteiger charge is -2.27. The Morgan fingerprint density at radius 3 is 2.20 bits per heavy atom. The standard InChI is InChI=1S/C10H20O4S/c1-8(2)5-4-6-9(3)7-10-13-15(11,12)14-10/h8-10H,4-7H2,1-3H3. The van der Waals surface area contributed by atoms with Gasteiger partial charge in [-0.3, -0.25) is 0 Å². The summed E-state index contributed by atoms with van der Waals surface area (Å²) in [5.41, 5.74) is 0. The molecule has 0 amide bonds. The van der Waals surface area contributed by atoms with E-state index in [1.54, 1.807) is 0 Å². The maximum atomic E-state index is 10.5. The molecular formula is C10H20O4S. The summed E-state index contributed by atoms with van der Waals surface area (Å²) < 4.78 is 30.2. The van der Waals surface area contributed by atoms with Gasteiger partial charge in [-0.1, -0.05) is 40.0 Å². The molecule has 1 saturated heterocycles. The summed E-state index contributed by atoms with van der Waals surface area (Å²) in [6.45, 7) is 6.50. The molecule has 15 heavy (non-hydrogen) atoms. The van der Waals surface area contributed by atoms with Gasteiger partial charge in [0, 0.05) is 6.42 Å². The Bertz CT molecular complexity index is 272. The smallest absolute Gasteiger partial charge is 0.215 e. The highest BCUT2D eigenvalue weighted by Gasteiger charge is 2.36. The number of rotatable bonds is 6. The van der Waals surface area contributed by atoms with Crippen molar-refractivity contribution in [3.05, 3.63) is 0 Å². The van der Waals surface area contributed by atoms with Crippen molar-refractivity contribution >= 4 is 10.4 Å². The maximum absolute atomic E-state index is 10.5. The average molecular weight is 236 g/mol. The van der Waals surface area contributed by atoms with Crippen LogP contribution in [0.3, 0.4) is 0 Å². The van der Waals surface area contributed by atoms with E-state index in [4.69, 9.17) is 0 Å². The molecule has 1 heterocycles. The molecule has 0 aromatic rings. The highest BCUT2D eigenvalue weighted by atomic mass is 32.3. The van der Waals surface area contributed by atoms with E-state index in [-0.39, 0.29) is 0 Å². The normalized spacial score (nSPS) is 22.7. The quantitative estimate of drug-likeness (QED) is 0.711. The van der Waals surface area contributed by atoms with Crippen molar-refractivity contribution in [2.75, 3.05) is 0 Å². The van der Waals surface area contributed by atoms with Gasteiger partial charge in [0.25, 0.3) is 0 Å². The molecule has 5 heteroatoms. The zero-order valence-corrected chi connectivity index (χ0v) is 10.4. The molecule has 0 spiro atoms. The SMILES string of the molecule is CC(C)CCCC(C)CC1OS(=O)(=O)O1. The molecule has 0 aromatic heterocycles. The van der Waals surface area contributed by atoms with E-state index >= 15 is 0 Å². The van der Waals surface area contributed by atoms with Crippen molar-refractivity contribution in [1.82, 2.24) is 0 Å². The van der Waals surface area contributed by atoms with Gasteiger partial charge >= 0.3 is 10.4 Å².